The van der Waals surface area contributed by atoms with Crippen molar-refractivity contribution in [1.29, 1.82) is 0 Å². The van der Waals surface area contributed by atoms with Gasteiger partial charge in [-0.15, -0.1) is 0 Å². The summed E-state index contributed by atoms with van der Waals surface area (Å²) in [6.45, 7) is 8.09. The van der Waals surface area contributed by atoms with E-state index in [9.17, 15) is 14.7 Å². The Balaban J connectivity index is 4.89. The Bertz CT molecular complexity index is 270. The molecule has 0 aromatic rings. The Hall–Kier alpha value is -1.06. The van der Waals surface area contributed by atoms with Crippen molar-refractivity contribution in [2.45, 2.75) is 59.8 Å². The average molecular weight is 258 g/mol. The first kappa shape index (κ1) is 16.9. The second-order valence-electron chi connectivity index (χ2n) is 6.02. The lowest BCUT2D eigenvalue weighted by molar-refractivity contribution is -0.157. The largest absolute Gasteiger partial charge is 0.481 e. The lowest BCUT2D eigenvalue weighted by Gasteiger charge is -2.29. The van der Waals surface area contributed by atoms with Gasteiger partial charge in [0.2, 0.25) is 0 Å². The van der Waals surface area contributed by atoms with Crippen molar-refractivity contribution in [2.24, 2.45) is 17.3 Å². The predicted molar refractivity (Wildman–Crippen MR) is 70.5 cm³/mol. The molecule has 0 amide bonds. The van der Waals surface area contributed by atoms with Crippen LogP contribution >= 0.6 is 0 Å². The van der Waals surface area contributed by atoms with Crippen LogP contribution in [0, 0.1) is 17.3 Å². The second-order valence-corrected chi connectivity index (χ2v) is 6.02. The molecule has 0 aromatic heterocycles. The third-order valence-electron chi connectivity index (χ3n) is 3.34. The molecule has 2 N–H and O–H groups in total. The molecule has 0 unspecified atom stereocenters. The normalized spacial score (nSPS) is 12.1. The van der Waals surface area contributed by atoms with E-state index < -0.39 is 17.4 Å². The van der Waals surface area contributed by atoms with E-state index in [1.807, 2.05) is 27.7 Å². The minimum absolute atomic E-state index is 0.276. The summed E-state index contributed by atoms with van der Waals surface area (Å²) in [5.74, 6) is -1.22. The van der Waals surface area contributed by atoms with Crippen molar-refractivity contribution in [3.05, 3.63) is 0 Å². The molecule has 0 saturated heterocycles. The maximum Gasteiger partial charge on any atom is 0.310 e. The van der Waals surface area contributed by atoms with Gasteiger partial charge in [-0.2, -0.15) is 0 Å². The van der Waals surface area contributed by atoms with E-state index in [2.05, 4.69) is 0 Å². The number of carboxylic acid groups (broad SMARTS) is 2. The van der Waals surface area contributed by atoms with Gasteiger partial charge in [-0.25, -0.2) is 0 Å². The van der Waals surface area contributed by atoms with Gasteiger partial charge < -0.3 is 10.2 Å². The van der Waals surface area contributed by atoms with E-state index in [4.69, 9.17) is 5.11 Å². The maximum absolute atomic E-state index is 11.5. The SMILES string of the molecule is CC(C)CCC(CCC(C)C)(CC(=O)O)C(=O)O. The summed E-state index contributed by atoms with van der Waals surface area (Å²) in [5.41, 5.74) is -1.10. The summed E-state index contributed by atoms with van der Waals surface area (Å²) in [4.78, 5) is 22.5. The van der Waals surface area contributed by atoms with Crippen LogP contribution in [0.2, 0.25) is 0 Å². The van der Waals surface area contributed by atoms with Gasteiger partial charge in [-0.3, -0.25) is 9.59 Å². The van der Waals surface area contributed by atoms with Crippen molar-refractivity contribution < 1.29 is 19.8 Å². The molecular formula is C14H26O4. The molecule has 4 heteroatoms. The molecule has 0 fully saturated rings. The summed E-state index contributed by atoms with van der Waals surface area (Å²) >= 11 is 0. The summed E-state index contributed by atoms with van der Waals surface area (Å²) in [5, 5.41) is 18.4. The summed E-state index contributed by atoms with van der Waals surface area (Å²) < 4.78 is 0. The monoisotopic (exact) mass is 258 g/mol. The third-order valence-corrected chi connectivity index (χ3v) is 3.34. The van der Waals surface area contributed by atoms with Crippen LogP contribution in [0.25, 0.3) is 0 Å². The second kappa shape index (κ2) is 7.39. The van der Waals surface area contributed by atoms with Crippen LogP contribution in [0.1, 0.15) is 59.8 Å². The molecule has 0 rings (SSSR count). The standard InChI is InChI=1S/C14H26O4/c1-10(2)5-7-14(13(17)18,9-12(15)16)8-6-11(3)4/h10-11H,5-9H2,1-4H3,(H,15,16)(H,17,18). The van der Waals surface area contributed by atoms with Crippen LogP contribution in [0.3, 0.4) is 0 Å². The highest BCUT2D eigenvalue weighted by Gasteiger charge is 2.40. The van der Waals surface area contributed by atoms with Gasteiger partial charge in [-0.05, 0) is 37.5 Å². The molecule has 18 heavy (non-hydrogen) atoms. The maximum atomic E-state index is 11.5. The summed E-state index contributed by atoms with van der Waals surface area (Å²) in [6.07, 6.45) is 2.11. The molecule has 0 aliphatic heterocycles. The predicted octanol–water partition coefficient (Wildman–Crippen LogP) is 3.40. The molecule has 4 nitrogen and oxygen atoms in total. The van der Waals surface area contributed by atoms with Crippen LogP contribution < -0.4 is 0 Å². The average Bonchev–Trinajstić information content (AvgIpc) is 2.21. The Morgan fingerprint density at radius 2 is 1.33 bits per heavy atom. The van der Waals surface area contributed by atoms with Crippen LogP contribution in [0.4, 0.5) is 0 Å². The van der Waals surface area contributed by atoms with Crippen molar-refractivity contribution in [3.8, 4) is 0 Å². The minimum Gasteiger partial charge on any atom is -0.481 e. The van der Waals surface area contributed by atoms with Gasteiger partial charge in [0.15, 0.2) is 0 Å². The zero-order valence-electron chi connectivity index (χ0n) is 11.9. The van der Waals surface area contributed by atoms with E-state index in [1.54, 1.807) is 0 Å². The molecular weight excluding hydrogens is 232 g/mol. The number of hydrogen-bond donors (Lipinski definition) is 2. The van der Waals surface area contributed by atoms with Crippen molar-refractivity contribution in [3.63, 3.8) is 0 Å². The topological polar surface area (TPSA) is 74.6 Å². The zero-order valence-corrected chi connectivity index (χ0v) is 11.9. The fraction of sp³-hybridized carbons (Fsp3) is 0.857. The van der Waals surface area contributed by atoms with Gasteiger partial charge in [-0.1, -0.05) is 27.7 Å². The molecule has 0 atom stereocenters. The Morgan fingerprint density at radius 1 is 0.944 bits per heavy atom. The smallest absolute Gasteiger partial charge is 0.310 e. The number of carboxylic acids is 2. The first-order chi connectivity index (χ1) is 8.19. The van der Waals surface area contributed by atoms with E-state index in [-0.39, 0.29) is 6.42 Å². The fourth-order valence-electron chi connectivity index (χ4n) is 2.01. The molecule has 106 valence electrons. The van der Waals surface area contributed by atoms with Crippen molar-refractivity contribution in [1.82, 2.24) is 0 Å². The lowest BCUT2D eigenvalue weighted by Crippen LogP contribution is -2.34. The van der Waals surface area contributed by atoms with Crippen LogP contribution in [-0.4, -0.2) is 22.2 Å². The van der Waals surface area contributed by atoms with Gasteiger partial charge >= 0.3 is 11.9 Å². The molecule has 0 aliphatic carbocycles. The van der Waals surface area contributed by atoms with Crippen molar-refractivity contribution >= 4 is 11.9 Å². The van der Waals surface area contributed by atoms with E-state index >= 15 is 0 Å². The molecule has 0 saturated carbocycles. The van der Waals surface area contributed by atoms with Gasteiger partial charge in [0.05, 0.1) is 11.8 Å². The first-order valence-electron chi connectivity index (χ1n) is 6.65. The Morgan fingerprint density at radius 3 is 1.56 bits per heavy atom. The number of aliphatic carboxylic acids is 2. The first-order valence-corrected chi connectivity index (χ1v) is 6.65. The quantitative estimate of drug-likeness (QED) is 0.664. The summed E-state index contributed by atoms with van der Waals surface area (Å²) in [7, 11) is 0. The number of carbonyl (C=O) groups is 2. The highest BCUT2D eigenvalue weighted by molar-refractivity contribution is 5.81. The zero-order chi connectivity index (χ0) is 14.3. The molecule has 0 aliphatic rings. The number of rotatable bonds is 9. The fourth-order valence-corrected chi connectivity index (χ4v) is 2.01. The highest BCUT2D eigenvalue weighted by Crippen LogP contribution is 2.36. The van der Waals surface area contributed by atoms with Crippen LogP contribution in [-0.2, 0) is 9.59 Å². The lowest BCUT2D eigenvalue weighted by atomic mass is 9.74. The molecule has 0 heterocycles. The van der Waals surface area contributed by atoms with E-state index in [0.29, 0.717) is 24.7 Å². The Kier molecular flexibility index (Phi) is 6.96. The van der Waals surface area contributed by atoms with E-state index in [1.165, 1.54) is 0 Å². The molecule has 0 bridgehead atoms. The van der Waals surface area contributed by atoms with Crippen LogP contribution in [0.5, 0.6) is 0 Å². The molecule has 0 radical (unpaired) electrons. The van der Waals surface area contributed by atoms with Gasteiger partial charge in [0.1, 0.15) is 0 Å². The van der Waals surface area contributed by atoms with Gasteiger partial charge in [0, 0.05) is 0 Å². The summed E-state index contributed by atoms with van der Waals surface area (Å²) in [6, 6.07) is 0. The molecule has 0 spiro atoms. The van der Waals surface area contributed by atoms with Crippen LogP contribution in [0.15, 0.2) is 0 Å². The minimum atomic E-state index is -1.10. The van der Waals surface area contributed by atoms with Crippen molar-refractivity contribution in [2.75, 3.05) is 0 Å². The highest BCUT2D eigenvalue weighted by atomic mass is 16.4. The van der Waals surface area contributed by atoms with Gasteiger partial charge in [0.25, 0.3) is 0 Å². The third kappa shape index (κ3) is 6.03. The Labute approximate surface area is 109 Å². The number of hydrogen-bond acceptors (Lipinski definition) is 2. The molecule has 0 aromatic carbocycles. The van der Waals surface area contributed by atoms with E-state index in [0.717, 1.165) is 12.8 Å².